The van der Waals surface area contributed by atoms with Crippen molar-refractivity contribution in [2.75, 3.05) is 39.4 Å². The molecule has 2 N–H and O–H groups in total. The number of nitrogens with zero attached hydrogens (tertiary/aromatic N) is 1. The Morgan fingerprint density at radius 1 is 1.14 bits per heavy atom. The summed E-state index contributed by atoms with van der Waals surface area (Å²) in [5.74, 6) is -2.32. The second-order valence-corrected chi connectivity index (χ2v) is 5.93. The van der Waals surface area contributed by atoms with E-state index in [1.165, 1.54) is 0 Å². The van der Waals surface area contributed by atoms with Crippen LogP contribution in [0.5, 0.6) is 0 Å². The number of rotatable bonds is 5. The zero-order valence-corrected chi connectivity index (χ0v) is 12.0. The maximum Gasteiger partial charge on any atom is 0.310 e. The van der Waals surface area contributed by atoms with E-state index in [0.717, 1.165) is 45.7 Å². The summed E-state index contributed by atoms with van der Waals surface area (Å²) in [5, 5.41) is 12.2. The molecule has 21 heavy (non-hydrogen) atoms. The molecule has 2 bridgehead atoms. The first kappa shape index (κ1) is 14.7. The Hall–Kier alpha value is -1.18. The van der Waals surface area contributed by atoms with Gasteiger partial charge in [0.1, 0.15) is 0 Å². The maximum absolute atomic E-state index is 12.3. The number of carbonyl (C=O) groups excluding carboxylic acids is 1. The number of amides is 1. The lowest BCUT2D eigenvalue weighted by atomic mass is 9.79. The van der Waals surface area contributed by atoms with Crippen LogP contribution in [0.15, 0.2) is 0 Å². The van der Waals surface area contributed by atoms with Crippen molar-refractivity contribution in [2.45, 2.75) is 25.0 Å². The van der Waals surface area contributed by atoms with Gasteiger partial charge in [-0.1, -0.05) is 0 Å². The molecule has 4 atom stereocenters. The monoisotopic (exact) mass is 298 g/mol. The zero-order chi connectivity index (χ0) is 14.8. The van der Waals surface area contributed by atoms with Gasteiger partial charge in [-0.25, -0.2) is 0 Å². The molecule has 3 heterocycles. The summed E-state index contributed by atoms with van der Waals surface area (Å²) >= 11 is 0. The number of hydrogen-bond donors (Lipinski definition) is 2. The van der Waals surface area contributed by atoms with E-state index in [4.69, 9.17) is 9.47 Å². The van der Waals surface area contributed by atoms with Gasteiger partial charge in [0.15, 0.2) is 0 Å². The number of carbonyl (C=O) groups is 2. The van der Waals surface area contributed by atoms with Gasteiger partial charge in [0, 0.05) is 26.2 Å². The van der Waals surface area contributed by atoms with Gasteiger partial charge in [-0.3, -0.25) is 14.5 Å². The summed E-state index contributed by atoms with van der Waals surface area (Å²) in [5.41, 5.74) is 0. The molecular formula is C14H22N2O5. The number of hydrogen-bond acceptors (Lipinski definition) is 5. The highest BCUT2D eigenvalue weighted by Crippen LogP contribution is 2.43. The van der Waals surface area contributed by atoms with E-state index in [1.54, 1.807) is 0 Å². The Morgan fingerprint density at radius 3 is 2.48 bits per heavy atom. The minimum atomic E-state index is -0.921. The van der Waals surface area contributed by atoms with E-state index in [0.29, 0.717) is 6.54 Å². The summed E-state index contributed by atoms with van der Waals surface area (Å²) in [6.45, 7) is 4.54. The molecule has 0 spiro atoms. The van der Waals surface area contributed by atoms with Crippen molar-refractivity contribution in [3.05, 3.63) is 0 Å². The Labute approximate surface area is 123 Å². The second-order valence-electron chi connectivity index (χ2n) is 5.93. The second kappa shape index (κ2) is 6.29. The molecule has 1 amide bonds. The highest BCUT2D eigenvalue weighted by atomic mass is 16.5. The average Bonchev–Trinajstić information content (AvgIpc) is 3.08. The summed E-state index contributed by atoms with van der Waals surface area (Å²) in [6.07, 6.45) is 1.02. The van der Waals surface area contributed by atoms with Crippen molar-refractivity contribution in [3.8, 4) is 0 Å². The molecule has 3 fully saturated rings. The lowest BCUT2D eigenvalue weighted by Gasteiger charge is -2.27. The first-order chi connectivity index (χ1) is 10.2. The molecule has 3 rings (SSSR count). The third kappa shape index (κ3) is 3.04. The van der Waals surface area contributed by atoms with Crippen molar-refractivity contribution in [2.24, 2.45) is 11.8 Å². The van der Waals surface area contributed by atoms with Crippen LogP contribution >= 0.6 is 0 Å². The van der Waals surface area contributed by atoms with Crippen LogP contribution in [0, 0.1) is 11.8 Å². The predicted octanol–water partition coefficient (Wildman–Crippen LogP) is -0.687. The number of nitrogens with one attached hydrogen (secondary N) is 1. The number of ether oxygens (including phenoxy) is 2. The molecule has 3 saturated heterocycles. The number of morpholine rings is 1. The van der Waals surface area contributed by atoms with Crippen molar-refractivity contribution in [1.82, 2.24) is 10.2 Å². The van der Waals surface area contributed by atoms with E-state index in [1.807, 2.05) is 0 Å². The Balaban J connectivity index is 1.49. The third-order valence-electron chi connectivity index (χ3n) is 4.69. The summed E-state index contributed by atoms with van der Waals surface area (Å²) < 4.78 is 10.9. The van der Waals surface area contributed by atoms with Crippen LogP contribution in [0.3, 0.4) is 0 Å². The van der Waals surface area contributed by atoms with Gasteiger partial charge in [0.2, 0.25) is 5.91 Å². The molecule has 2 unspecified atom stereocenters. The molecule has 3 aliphatic rings. The zero-order valence-electron chi connectivity index (χ0n) is 12.0. The SMILES string of the molecule is O=C(NCCN1CCOCC1)C1C(C(=O)O)[C@H]2CC[C@@H]1O2. The molecule has 0 radical (unpaired) electrons. The molecule has 0 aromatic carbocycles. The summed E-state index contributed by atoms with van der Waals surface area (Å²) in [7, 11) is 0. The summed E-state index contributed by atoms with van der Waals surface area (Å²) in [6, 6.07) is 0. The molecule has 0 aliphatic carbocycles. The quantitative estimate of drug-likeness (QED) is 0.699. The fraction of sp³-hybridized carbons (Fsp3) is 0.857. The molecular weight excluding hydrogens is 276 g/mol. The molecule has 118 valence electrons. The Bertz CT molecular complexity index is 410. The first-order valence-corrected chi connectivity index (χ1v) is 7.63. The van der Waals surface area contributed by atoms with Crippen LogP contribution < -0.4 is 5.32 Å². The number of aliphatic carboxylic acids is 1. The first-order valence-electron chi connectivity index (χ1n) is 7.63. The van der Waals surface area contributed by atoms with E-state index in [2.05, 4.69) is 10.2 Å². The maximum atomic E-state index is 12.3. The molecule has 7 nitrogen and oxygen atoms in total. The van der Waals surface area contributed by atoms with Crippen molar-refractivity contribution in [1.29, 1.82) is 0 Å². The van der Waals surface area contributed by atoms with Crippen molar-refractivity contribution >= 4 is 11.9 Å². The summed E-state index contributed by atoms with van der Waals surface area (Å²) in [4.78, 5) is 25.9. The number of carboxylic acids is 1. The van der Waals surface area contributed by atoms with Crippen LogP contribution in [0.25, 0.3) is 0 Å². The lowest BCUT2D eigenvalue weighted by Crippen LogP contribution is -2.46. The average molecular weight is 298 g/mol. The fourth-order valence-electron chi connectivity index (χ4n) is 3.60. The number of fused-ring (bicyclic) bond motifs is 2. The van der Waals surface area contributed by atoms with Crippen LogP contribution in [-0.2, 0) is 19.1 Å². The fourth-order valence-corrected chi connectivity index (χ4v) is 3.60. The van der Waals surface area contributed by atoms with Gasteiger partial charge in [-0.15, -0.1) is 0 Å². The highest BCUT2D eigenvalue weighted by Gasteiger charge is 2.55. The van der Waals surface area contributed by atoms with Crippen LogP contribution in [0.1, 0.15) is 12.8 Å². The van der Waals surface area contributed by atoms with Crippen LogP contribution in [0.4, 0.5) is 0 Å². The minimum Gasteiger partial charge on any atom is -0.481 e. The van der Waals surface area contributed by atoms with Gasteiger partial charge >= 0.3 is 5.97 Å². The number of carboxylic acid groups (broad SMARTS) is 1. The molecule has 0 aromatic rings. The third-order valence-corrected chi connectivity index (χ3v) is 4.69. The topological polar surface area (TPSA) is 88.1 Å². The largest absolute Gasteiger partial charge is 0.481 e. The van der Waals surface area contributed by atoms with E-state index < -0.39 is 17.8 Å². The van der Waals surface area contributed by atoms with Gasteiger partial charge in [0.05, 0.1) is 37.3 Å². The normalized spacial score (nSPS) is 35.8. The van der Waals surface area contributed by atoms with Crippen LogP contribution in [0.2, 0.25) is 0 Å². The Kier molecular flexibility index (Phi) is 4.42. The lowest BCUT2D eigenvalue weighted by molar-refractivity contribution is -0.147. The predicted molar refractivity (Wildman–Crippen MR) is 72.8 cm³/mol. The molecule has 3 aliphatic heterocycles. The molecule has 7 heteroatoms. The smallest absolute Gasteiger partial charge is 0.310 e. The van der Waals surface area contributed by atoms with E-state index in [9.17, 15) is 14.7 Å². The van der Waals surface area contributed by atoms with Gasteiger partial charge in [-0.05, 0) is 12.8 Å². The highest BCUT2D eigenvalue weighted by molar-refractivity contribution is 5.86. The van der Waals surface area contributed by atoms with Crippen molar-refractivity contribution < 1.29 is 24.2 Å². The molecule has 0 aromatic heterocycles. The minimum absolute atomic E-state index is 0.178. The van der Waals surface area contributed by atoms with Gasteiger partial charge in [-0.2, -0.15) is 0 Å². The van der Waals surface area contributed by atoms with Gasteiger partial charge < -0.3 is 19.9 Å². The van der Waals surface area contributed by atoms with E-state index in [-0.39, 0.29) is 18.1 Å². The van der Waals surface area contributed by atoms with Crippen molar-refractivity contribution in [3.63, 3.8) is 0 Å². The molecule has 0 saturated carbocycles. The van der Waals surface area contributed by atoms with Crippen LogP contribution in [-0.4, -0.2) is 73.5 Å². The van der Waals surface area contributed by atoms with E-state index >= 15 is 0 Å². The van der Waals surface area contributed by atoms with Gasteiger partial charge in [0.25, 0.3) is 0 Å². The standard InChI is InChI=1S/C14H22N2O5/c17-13(15-3-4-16-5-7-20-8-6-16)11-9-1-2-10(21-9)12(11)14(18)19/h9-12H,1-8H2,(H,15,17)(H,18,19)/t9-,10+,11?,12?/m0/s1. The Morgan fingerprint density at radius 2 is 1.81 bits per heavy atom.